The first-order valence-corrected chi connectivity index (χ1v) is 13.6. The molecule has 1 amide bonds. The maximum absolute atomic E-state index is 13.7. The van der Waals surface area contributed by atoms with Crippen molar-refractivity contribution in [3.05, 3.63) is 57.1 Å². The zero-order valence-corrected chi connectivity index (χ0v) is 21.8. The summed E-state index contributed by atoms with van der Waals surface area (Å²) in [5, 5.41) is 3.45. The number of amides is 1. The monoisotopic (exact) mass is 554 g/mol. The zero-order chi connectivity index (χ0) is 27.1. The van der Waals surface area contributed by atoms with Crippen LogP contribution < -0.4 is 20.5 Å². The summed E-state index contributed by atoms with van der Waals surface area (Å²) in [7, 11) is -2.30. The van der Waals surface area contributed by atoms with Crippen LogP contribution in [0.2, 0.25) is 5.15 Å². The molecule has 0 radical (unpaired) electrons. The molecule has 1 saturated heterocycles. The van der Waals surface area contributed by atoms with E-state index in [1.54, 1.807) is 37.1 Å². The second kappa shape index (κ2) is 9.86. The van der Waals surface area contributed by atoms with Crippen molar-refractivity contribution in [2.45, 2.75) is 31.7 Å². The van der Waals surface area contributed by atoms with Gasteiger partial charge in [-0.1, -0.05) is 23.7 Å². The van der Waals surface area contributed by atoms with E-state index >= 15 is 0 Å². The third kappa shape index (κ3) is 5.82. The van der Waals surface area contributed by atoms with Gasteiger partial charge in [0.2, 0.25) is 16.0 Å². The molecule has 0 bridgehead atoms. The van der Waals surface area contributed by atoms with E-state index in [9.17, 15) is 26.8 Å². The van der Waals surface area contributed by atoms with Crippen LogP contribution in [-0.4, -0.2) is 54.1 Å². The van der Waals surface area contributed by atoms with E-state index in [1.165, 1.54) is 16.7 Å². The quantitative estimate of drug-likeness (QED) is 0.445. The number of piperidine rings is 1. The number of aromatic nitrogens is 3. The first-order chi connectivity index (χ1) is 17.3. The first-order valence-electron chi connectivity index (χ1n) is 11.3. The molecule has 0 unspecified atom stereocenters. The molecule has 3 aromatic rings. The van der Waals surface area contributed by atoms with Crippen LogP contribution in [0.4, 0.5) is 20.4 Å². The van der Waals surface area contributed by atoms with Crippen molar-refractivity contribution in [2.75, 3.05) is 29.6 Å². The van der Waals surface area contributed by atoms with Gasteiger partial charge in [-0.3, -0.25) is 14.2 Å². The number of hydrogen-bond acceptors (Lipinski definition) is 8. The SMILES string of the molecule is C[C@@H](Nc1ccc(Cl)nc1C(=O)NS(C)(=O)=O)c1cccc2c(=O)n(C)c(N3CCC(F)(F)CC3)nc12. The van der Waals surface area contributed by atoms with Crippen molar-refractivity contribution < 1.29 is 22.0 Å². The molecule has 1 fully saturated rings. The molecule has 198 valence electrons. The molecule has 4 rings (SSSR count). The largest absolute Gasteiger partial charge is 0.377 e. The lowest BCUT2D eigenvalue weighted by molar-refractivity contribution is -0.0223. The highest BCUT2D eigenvalue weighted by molar-refractivity contribution is 7.89. The van der Waals surface area contributed by atoms with Crippen LogP contribution in [-0.2, 0) is 17.1 Å². The number of carbonyl (C=O) groups excluding carboxylic acids is 1. The topological polar surface area (TPSA) is 126 Å². The van der Waals surface area contributed by atoms with Gasteiger partial charge in [0.05, 0.1) is 28.9 Å². The number of rotatable bonds is 6. The van der Waals surface area contributed by atoms with Gasteiger partial charge in [0.25, 0.3) is 17.4 Å². The minimum atomic E-state index is -3.85. The normalized spacial score (nSPS) is 16.4. The van der Waals surface area contributed by atoms with Crippen LogP contribution in [0.3, 0.4) is 0 Å². The van der Waals surface area contributed by atoms with E-state index in [2.05, 4.69) is 10.3 Å². The first kappa shape index (κ1) is 26.7. The molecular weight excluding hydrogens is 530 g/mol. The number of benzene rings is 1. The molecule has 1 atom stereocenters. The summed E-state index contributed by atoms with van der Waals surface area (Å²) in [5.74, 6) is -3.42. The molecular formula is C23H25ClF2N6O4S. The Balaban J connectivity index is 1.73. The van der Waals surface area contributed by atoms with E-state index < -0.39 is 27.9 Å². The van der Waals surface area contributed by atoms with Crippen molar-refractivity contribution >= 4 is 50.1 Å². The average molecular weight is 555 g/mol. The smallest absolute Gasteiger partial charge is 0.285 e. The number of nitrogens with one attached hydrogen (secondary N) is 2. The zero-order valence-electron chi connectivity index (χ0n) is 20.3. The van der Waals surface area contributed by atoms with Crippen molar-refractivity contribution in [3.63, 3.8) is 0 Å². The van der Waals surface area contributed by atoms with Gasteiger partial charge in [-0.05, 0) is 25.1 Å². The van der Waals surface area contributed by atoms with Crippen molar-refractivity contribution in [2.24, 2.45) is 7.05 Å². The maximum Gasteiger partial charge on any atom is 0.285 e. The third-order valence-corrected chi connectivity index (χ3v) is 6.85. The molecule has 0 saturated carbocycles. The van der Waals surface area contributed by atoms with Crippen LogP contribution in [0.25, 0.3) is 10.9 Å². The number of carbonyl (C=O) groups is 1. The molecule has 0 aliphatic carbocycles. The number of alkyl halides is 2. The van der Waals surface area contributed by atoms with Gasteiger partial charge in [-0.2, -0.15) is 0 Å². The Bertz CT molecular complexity index is 1540. The Hall–Kier alpha value is -3.32. The minimum absolute atomic E-state index is 0.0103. The molecule has 10 nitrogen and oxygen atoms in total. The standard InChI is InChI=1S/C23H25ClF2N6O4S/c1-13(27-16-7-8-17(24)28-19(16)20(33)30-37(3,35)36)14-5-4-6-15-18(14)29-22(31(2)21(15)34)32-11-9-23(25,26)10-12-32/h4-8,13,27H,9-12H2,1-3H3,(H,30,33)/t13-/m1/s1. The third-order valence-electron chi connectivity index (χ3n) is 6.08. The summed E-state index contributed by atoms with van der Waals surface area (Å²) < 4.78 is 53.8. The number of fused-ring (bicyclic) bond motifs is 1. The summed E-state index contributed by atoms with van der Waals surface area (Å²) in [5.41, 5.74) is 0.624. The molecule has 37 heavy (non-hydrogen) atoms. The lowest BCUT2D eigenvalue weighted by Gasteiger charge is -2.33. The molecule has 14 heteroatoms. The molecule has 2 aromatic heterocycles. The lowest BCUT2D eigenvalue weighted by atomic mass is 10.0. The predicted molar refractivity (Wildman–Crippen MR) is 137 cm³/mol. The molecule has 2 N–H and O–H groups in total. The number of pyridine rings is 1. The van der Waals surface area contributed by atoms with Gasteiger partial charge in [-0.25, -0.2) is 31.9 Å². The fourth-order valence-corrected chi connectivity index (χ4v) is 4.80. The summed E-state index contributed by atoms with van der Waals surface area (Å²) in [4.78, 5) is 36.0. The van der Waals surface area contributed by atoms with Crippen molar-refractivity contribution in [1.82, 2.24) is 19.3 Å². The Morgan fingerprint density at radius 1 is 1.16 bits per heavy atom. The van der Waals surface area contributed by atoms with Crippen LogP contribution in [0.15, 0.2) is 35.1 Å². The van der Waals surface area contributed by atoms with E-state index in [1.807, 2.05) is 4.72 Å². The van der Waals surface area contributed by atoms with Crippen LogP contribution in [0, 0.1) is 0 Å². The van der Waals surface area contributed by atoms with Crippen LogP contribution in [0.1, 0.15) is 41.9 Å². The number of para-hydroxylation sites is 1. The highest BCUT2D eigenvalue weighted by Crippen LogP contribution is 2.31. The van der Waals surface area contributed by atoms with Gasteiger partial charge in [0.15, 0.2) is 5.69 Å². The second-order valence-electron chi connectivity index (χ2n) is 8.96. The molecule has 1 aliphatic heterocycles. The summed E-state index contributed by atoms with van der Waals surface area (Å²) in [6.07, 6.45) is 0.180. The molecule has 3 heterocycles. The van der Waals surface area contributed by atoms with Gasteiger partial charge < -0.3 is 10.2 Å². The van der Waals surface area contributed by atoms with Gasteiger partial charge in [-0.15, -0.1) is 0 Å². The number of hydrogen-bond donors (Lipinski definition) is 2. The second-order valence-corrected chi connectivity index (χ2v) is 11.1. The fourth-order valence-electron chi connectivity index (χ4n) is 4.22. The van der Waals surface area contributed by atoms with Crippen LogP contribution in [0.5, 0.6) is 0 Å². The maximum atomic E-state index is 13.7. The van der Waals surface area contributed by atoms with E-state index in [4.69, 9.17) is 16.6 Å². The van der Waals surface area contributed by atoms with E-state index in [0.717, 1.165) is 6.26 Å². The number of sulfonamides is 1. The van der Waals surface area contributed by atoms with Crippen LogP contribution >= 0.6 is 11.6 Å². The Morgan fingerprint density at radius 3 is 2.49 bits per heavy atom. The van der Waals surface area contributed by atoms with E-state index in [-0.39, 0.29) is 54.0 Å². The van der Waals surface area contributed by atoms with Gasteiger partial charge in [0.1, 0.15) is 5.15 Å². The number of halogens is 3. The fraction of sp³-hybridized carbons (Fsp3) is 0.391. The summed E-state index contributed by atoms with van der Waals surface area (Å²) in [6, 6.07) is 7.46. The summed E-state index contributed by atoms with van der Waals surface area (Å²) in [6.45, 7) is 1.88. The Labute approximate surface area is 216 Å². The van der Waals surface area contributed by atoms with Gasteiger partial charge in [0, 0.05) is 38.5 Å². The minimum Gasteiger partial charge on any atom is -0.377 e. The predicted octanol–water partition coefficient (Wildman–Crippen LogP) is 3.08. The summed E-state index contributed by atoms with van der Waals surface area (Å²) >= 11 is 5.94. The highest BCUT2D eigenvalue weighted by Gasteiger charge is 2.35. The lowest BCUT2D eigenvalue weighted by Crippen LogP contribution is -2.42. The Morgan fingerprint density at radius 2 is 1.84 bits per heavy atom. The molecule has 1 aliphatic rings. The molecule has 0 spiro atoms. The number of nitrogens with zero attached hydrogens (tertiary/aromatic N) is 4. The van der Waals surface area contributed by atoms with Crippen molar-refractivity contribution in [1.29, 1.82) is 0 Å². The highest BCUT2D eigenvalue weighted by atomic mass is 35.5. The van der Waals surface area contributed by atoms with Crippen molar-refractivity contribution in [3.8, 4) is 0 Å². The average Bonchev–Trinajstić information content (AvgIpc) is 2.81. The van der Waals surface area contributed by atoms with E-state index in [0.29, 0.717) is 16.5 Å². The molecule has 1 aromatic carbocycles. The number of anilines is 2. The van der Waals surface area contributed by atoms with Gasteiger partial charge >= 0.3 is 0 Å². The Kier molecular flexibility index (Phi) is 7.12.